The predicted molar refractivity (Wildman–Crippen MR) is 98.8 cm³/mol. The smallest absolute Gasteiger partial charge is 0.152 e. The number of benzene rings is 2. The molecule has 126 valence electrons. The lowest BCUT2D eigenvalue weighted by Crippen LogP contribution is -2.40. The molecule has 0 fully saturated rings. The molecule has 0 amide bonds. The maximum absolute atomic E-state index is 12.1. The van der Waals surface area contributed by atoms with E-state index < -0.39 is 0 Å². The molecule has 2 aromatic carbocycles. The largest absolute Gasteiger partial charge is 0.498 e. The molecule has 5 rings (SSSR count). The van der Waals surface area contributed by atoms with Crippen LogP contribution in [0.3, 0.4) is 0 Å². The summed E-state index contributed by atoms with van der Waals surface area (Å²) in [7, 11) is 0. The van der Waals surface area contributed by atoms with Gasteiger partial charge in [0.1, 0.15) is 23.8 Å². The Kier molecular flexibility index (Phi) is 4.01. The molecule has 3 heterocycles. The third kappa shape index (κ3) is 2.91. The van der Waals surface area contributed by atoms with Crippen LogP contribution in [0.4, 0.5) is 4.39 Å². The topological polar surface area (TPSA) is 34.4 Å². The fourth-order valence-electron chi connectivity index (χ4n) is 3.00. The molecule has 3 aromatic rings. The second-order valence-electron chi connectivity index (χ2n) is 5.88. The number of rotatable bonds is 0. The van der Waals surface area contributed by atoms with Crippen molar-refractivity contribution in [2.45, 2.75) is 10.4 Å². The van der Waals surface area contributed by atoms with Crippen LogP contribution in [0.1, 0.15) is 11.3 Å². The summed E-state index contributed by atoms with van der Waals surface area (Å²) in [5.41, 5.74) is 1.74. The zero-order chi connectivity index (χ0) is 17.3. The fourth-order valence-corrected chi connectivity index (χ4v) is 3.21. The van der Waals surface area contributed by atoms with E-state index in [1.165, 1.54) is 12.1 Å². The molecule has 1 unspecified atom stereocenters. The highest BCUT2D eigenvalue weighted by Crippen LogP contribution is 2.39. The van der Waals surface area contributed by atoms with E-state index in [9.17, 15) is 4.39 Å². The second-order valence-corrected chi connectivity index (χ2v) is 6.40. The van der Waals surface area contributed by atoms with E-state index in [1.807, 2.05) is 30.5 Å². The number of hydrogen-bond donors (Lipinski definition) is 2. The number of halogens is 1. The molecule has 5 heteroatoms. The summed E-state index contributed by atoms with van der Waals surface area (Å²) >= 11 is 3.91. The van der Waals surface area contributed by atoms with E-state index in [0.29, 0.717) is 11.5 Å². The van der Waals surface area contributed by atoms with Crippen molar-refractivity contribution in [2.24, 2.45) is 0 Å². The Hall–Kier alpha value is -2.66. The first-order chi connectivity index (χ1) is 12.2. The van der Waals surface area contributed by atoms with Crippen LogP contribution in [0, 0.1) is 5.82 Å². The van der Waals surface area contributed by atoms with E-state index in [0.717, 1.165) is 22.3 Å². The molecule has 3 nitrogen and oxygen atoms in total. The molecular weight excluding hydrogens is 337 g/mol. The minimum absolute atomic E-state index is 0.238. The summed E-state index contributed by atoms with van der Waals surface area (Å²) in [6.07, 6.45) is 7.75. The summed E-state index contributed by atoms with van der Waals surface area (Å²) < 4.78 is 23.5. The van der Waals surface area contributed by atoms with Crippen LogP contribution in [0.25, 0.3) is 17.0 Å². The number of nitrogens with one attached hydrogen (secondary N) is 1. The molecule has 1 atom stereocenters. The van der Waals surface area contributed by atoms with E-state index in [-0.39, 0.29) is 11.4 Å². The van der Waals surface area contributed by atoms with Gasteiger partial charge >= 0.3 is 0 Å². The Morgan fingerprint density at radius 1 is 1.12 bits per heavy atom. The van der Waals surface area contributed by atoms with Gasteiger partial charge in [0.2, 0.25) is 0 Å². The summed E-state index contributed by atoms with van der Waals surface area (Å²) in [6.45, 7) is 0.574. The van der Waals surface area contributed by atoms with Gasteiger partial charge < -0.3 is 14.5 Å². The first-order valence-corrected chi connectivity index (χ1v) is 8.33. The Morgan fingerprint density at radius 3 is 2.72 bits per heavy atom. The van der Waals surface area contributed by atoms with E-state index in [2.05, 4.69) is 30.1 Å². The van der Waals surface area contributed by atoms with Crippen LogP contribution in [-0.4, -0.2) is 6.61 Å². The Morgan fingerprint density at radius 2 is 2.00 bits per heavy atom. The molecule has 1 aromatic heterocycles. The summed E-state index contributed by atoms with van der Waals surface area (Å²) in [4.78, 5) is 0.657. The Labute approximate surface area is 150 Å². The molecule has 0 radical (unpaired) electrons. The van der Waals surface area contributed by atoms with Gasteiger partial charge in [0.25, 0.3) is 0 Å². The van der Waals surface area contributed by atoms with Gasteiger partial charge in [-0.2, -0.15) is 0 Å². The van der Waals surface area contributed by atoms with Gasteiger partial charge in [0, 0.05) is 15.8 Å². The first-order valence-electron chi connectivity index (χ1n) is 7.88. The summed E-state index contributed by atoms with van der Waals surface area (Å²) in [5, 5.41) is 4.48. The summed E-state index contributed by atoms with van der Waals surface area (Å²) in [6, 6.07) is 14.2. The average molecular weight is 353 g/mol. The third-order valence-corrected chi connectivity index (χ3v) is 4.48. The Balaban J connectivity index is 0.000000166. The molecule has 0 bridgehead atoms. The highest BCUT2D eigenvalue weighted by Gasteiger charge is 2.40. The van der Waals surface area contributed by atoms with Crippen molar-refractivity contribution in [1.29, 1.82) is 0 Å². The van der Waals surface area contributed by atoms with E-state index in [4.69, 9.17) is 9.15 Å². The van der Waals surface area contributed by atoms with Crippen LogP contribution in [-0.2, 0) is 10.3 Å². The molecular formula is C20H16FNO2S. The van der Waals surface area contributed by atoms with Crippen molar-refractivity contribution in [3.63, 3.8) is 0 Å². The van der Waals surface area contributed by atoms with Crippen molar-refractivity contribution >= 4 is 29.7 Å². The van der Waals surface area contributed by atoms with Gasteiger partial charge in [-0.3, -0.25) is 0 Å². The van der Waals surface area contributed by atoms with Crippen molar-refractivity contribution in [3.05, 3.63) is 84.2 Å². The van der Waals surface area contributed by atoms with Crippen LogP contribution >= 0.6 is 12.6 Å². The first kappa shape index (κ1) is 15.8. The van der Waals surface area contributed by atoms with Gasteiger partial charge in [0.05, 0.1) is 6.26 Å². The number of thiol groups is 1. The highest BCUT2D eigenvalue weighted by molar-refractivity contribution is 7.80. The zero-order valence-electron chi connectivity index (χ0n) is 13.3. The van der Waals surface area contributed by atoms with Crippen LogP contribution < -0.4 is 5.32 Å². The summed E-state index contributed by atoms with van der Waals surface area (Å²) in [5.74, 6) is 0.701. The normalized spacial score (nSPS) is 19.9. The molecule has 25 heavy (non-hydrogen) atoms. The number of furan rings is 1. The van der Waals surface area contributed by atoms with Crippen LogP contribution in [0.5, 0.6) is 0 Å². The lowest BCUT2D eigenvalue weighted by atomic mass is 9.92. The molecule has 1 spiro atoms. The molecule has 0 saturated heterocycles. The Bertz CT molecular complexity index is 961. The quantitative estimate of drug-likeness (QED) is 0.567. The molecule has 1 N–H and O–H groups in total. The number of hydrogen-bond acceptors (Lipinski definition) is 4. The number of fused-ring (bicyclic) bond motifs is 4. The number of para-hydroxylation sites is 1. The van der Waals surface area contributed by atoms with Gasteiger partial charge in [-0.1, -0.05) is 24.3 Å². The average Bonchev–Trinajstić information content (AvgIpc) is 3.22. The zero-order valence-corrected chi connectivity index (χ0v) is 14.2. The van der Waals surface area contributed by atoms with E-state index >= 15 is 0 Å². The predicted octanol–water partition coefficient (Wildman–Crippen LogP) is 4.86. The van der Waals surface area contributed by atoms with Crippen LogP contribution in [0.2, 0.25) is 0 Å². The van der Waals surface area contributed by atoms with Gasteiger partial charge in [0.15, 0.2) is 5.54 Å². The van der Waals surface area contributed by atoms with Crippen LogP contribution in [0.15, 0.2) is 76.4 Å². The standard InChI is InChI=1S/C14H11NO2.C6H5FS/c1-2-4-12-10(3-1)11-5-7-15-14(13(11)17-12)6-8-16-9-14;7-5-2-1-3-6(8)4-5/h1-8,15H,9H2;1-4,8H. The minimum Gasteiger partial charge on any atom is -0.498 e. The third-order valence-electron chi connectivity index (χ3n) is 4.20. The van der Waals surface area contributed by atoms with Crippen molar-refractivity contribution in [3.8, 4) is 0 Å². The molecule has 2 aliphatic heterocycles. The monoisotopic (exact) mass is 353 g/mol. The highest BCUT2D eigenvalue weighted by atomic mass is 32.1. The molecule has 2 aliphatic rings. The van der Waals surface area contributed by atoms with Gasteiger partial charge in [-0.15, -0.1) is 12.6 Å². The maximum Gasteiger partial charge on any atom is 0.152 e. The van der Waals surface area contributed by atoms with Gasteiger partial charge in [-0.05, 0) is 42.6 Å². The maximum atomic E-state index is 12.1. The van der Waals surface area contributed by atoms with Crippen molar-refractivity contribution < 1.29 is 13.5 Å². The molecule has 0 aliphatic carbocycles. The lowest BCUT2D eigenvalue weighted by molar-refractivity contribution is 0.201. The second kappa shape index (κ2) is 6.33. The van der Waals surface area contributed by atoms with Gasteiger partial charge in [-0.25, -0.2) is 4.39 Å². The minimum atomic E-state index is -0.330. The van der Waals surface area contributed by atoms with Crippen molar-refractivity contribution in [1.82, 2.24) is 5.32 Å². The lowest BCUT2D eigenvalue weighted by Gasteiger charge is -2.27. The molecule has 0 saturated carbocycles. The van der Waals surface area contributed by atoms with Crippen molar-refractivity contribution in [2.75, 3.05) is 6.61 Å². The fraction of sp³-hybridized carbons (Fsp3) is 0.100. The number of ether oxygens (including phenoxy) is 1. The van der Waals surface area contributed by atoms with E-state index in [1.54, 1.807) is 18.4 Å². The SMILES string of the molecule is C1=Cc2c(oc3ccccc23)C2(C=COC2)N1.Fc1cccc(S)c1.